The van der Waals surface area contributed by atoms with E-state index >= 15 is 0 Å². The predicted octanol–water partition coefficient (Wildman–Crippen LogP) is 3.74. The Morgan fingerprint density at radius 3 is 2.95 bits per heavy atom. The predicted molar refractivity (Wildman–Crippen MR) is 79.7 cm³/mol. The molecule has 1 aliphatic heterocycles. The van der Waals surface area contributed by atoms with Gasteiger partial charge in [0.05, 0.1) is 11.7 Å². The van der Waals surface area contributed by atoms with Crippen LogP contribution in [0.4, 0.5) is 0 Å². The van der Waals surface area contributed by atoms with Crippen molar-refractivity contribution in [1.82, 2.24) is 4.90 Å². The first-order chi connectivity index (χ1) is 9.11. The van der Waals surface area contributed by atoms with Crippen LogP contribution in [0.3, 0.4) is 0 Å². The zero-order chi connectivity index (χ0) is 13.8. The summed E-state index contributed by atoms with van der Waals surface area (Å²) < 4.78 is 6.33. The first kappa shape index (κ1) is 14.8. The van der Waals surface area contributed by atoms with E-state index in [0.717, 1.165) is 23.9 Å². The Morgan fingerprint density at radius 1 is 1.58 bits per heavy atom. The Bertz CT molecular complexity index is 461. The number of hydrogen-bond acceptors (Lipinski definition) is 2. The van der Waals surface area contributed by atoms with Crippen molar-refractivity contribution < 1.29 is 9.53 Å². The zero-order valence-electron chi connectivity index (χ0n) is 10.9. The monoisotopic (exact) mass is 345 g/mol. The Kier molecular flexibility index (Phi) is 5.25. The van der Waals surface area contributed by atoms with Crippen molar-refractivity contribution in [3.8, 4) is 0 Å². The molecule has 1 unspecified atom stereocenters. The van der Waals surface area contributed by atoms with E-state index in [1.165, 1.54) is 0 Å². The minimum atomic E-state index is 0.0153. The third kappa shape index (κ3) is 3.71. The number of amides is 1. The minimum absolute atomic E-state index is 0.0153. The molecule has 0 aromatic heterocycles. The highest BCUT2D eigenvalue weighted by Gasteiger charge is 2.23. The van der Waals surface area contributed by atoms with E-state index in [1.807, 2.05) is 11.8 Å². The van der Waals surface area contributed by atoms with Crippen LogP contribution in [0, 0.1) is 0 Å². The normalized spacial score (nSPS) is 18.6. The van der Waals surface area contributed by atoms with Gasteiger partial charge in [-0.05, 0) is 53.9 Å². The fourth-order valence-electron chi connectivity index (χ4n) is 2.22. The first-order valence-electron chi connectivity index (χ1n) is 6.47. The van der Waals surface area contributed by atoms with Gasteiger partial charge in [-0.2, -0.15) is 0 Å². The molecule has 1 amide bonds. The number of ether oxygens (including phenoxy) is 1. The van der Waals surface area contributed by atoms with Crippen molar-refractivity contribution in [2.75, 3.05) is 19.7 Å². The molecular formula is C14H17BrClNO2. The van der Waals surface area contributed by atoms with E-state index in [4.69, 9.17) is 16.3 Å². The molecule has 3 nitrogen and oxygen atoms in total. The van der Waals surface area contributed by atoms with Crippen molar-refractivity contribution in [3.63, 3.8) is 0 Å². The maximum absolute atomic E-state index is 12.5. The van der Waals surface area contributed by atoms with Gasteiger partial charge in [-0.25, -0.2) is 0 Å². The zero-order valence-corrected chi connectivity index (χ0v) is 13.2. The lowest BCUT2D eigenvalue weighted by atomic mass is 10.1. The third-order valence-electron chi connectivity index (χ3n) is 3.28. The number of rotatable bonds is 4. The van der Waals surface area contributed by atoms with Crippen LogP contribution in [0.1, 0.15) is 30.1 Å². The number of benzene rings is 1. The van der Waals surface area contributed by atoms with Crippen LogP contribution in [0.25, 0.3) is 0 Å². The van der Waals surface area contributed by atoms with E-state index in [1.54, 1.807) is 18.2 Å². The second-order valence-electron chi connectivity index (χ2n) is 4.60. The second kappa shape index (κ2) is 6.73. The van der Waals surface area contributed by atoms with Gasteiger partial charge in [0.25, 0.3) is 5.91 Å². The Balaban J connectivity index is 2.10. The van der Waals surface area contributed by atoms with Gasteiger partial charge in [0.15, 0.2) is 0 Å². The van der Waals surface area contributed by atoms with Gasteiger partial charge in [-0.15, -0.1) is 0 Å². The van der Waals surface area contributed by atoms with Crippen LogP contribution >= 0.6 is 27.5 Å². The summed E-state index contributed by atoms with van der Waals surface area (Å²) in [5.41, 5.74) is 0.643. The van der Waals surface area contributed by atoms with Crippen LogP contribution < -0.4 is 0 Å². The molecule has 0 bridgehead atoms. The molecule has 2 rings (SSSR count). The maximum atomic E-state index is 12.5. The Morgan fingerprint density at radius 2 is 2.37 bits per heavy atom. The topological polar surface area (TPSA) is 29.5 Å². The number of carbonyl (C=O) groups is 1. The maximum Gasteiger partial charge on any atom is 0.255 e. The molecule has 0 N–H and O–H groups in total. The molecule has 0 radical (unpaired) electrons. The fourth-order valence-corrected chi connectivity index (χ4v) is 3.08. The van der Waals surface area contributed by atoms with E-state index in [9.17, 15) is 4.79 Å². The van der Waals surface area contributed by atoms with Gasteiger partial charge in [0.1, 0.15) is 0 Å². The molecule has 0 aliphatic carbocycles. The van der Waals surface area contributed by atoms with Crippen LogP contribution in [0.15, 0.2) is 22.7 Å². The minimum Gasteiger partial charge on any atom is -0.376 e. The molecule has 1 aliphatic rings. The van der Waals surface area contributed by atoms with Crippen LogP contribution in [0.2, 0.25) is 5.02 Å². The number of halogens is 2. The fraction of sp³-hybridized carbons (Fsp3) is 0.500. The largest absolute Gasteiger partial charge is 0.376 e. The second-order valence-corrected chi connectivity index (χ2v) is 5.89. The molecule has 1 aromatic rings. The van der Waals surface area contributed by atoms with Crippen molar-refractivity contribution >= 4 is 33.4 Å². The van der Waals surface area contributed by atoms with Crippen LogP contribution in [-0.2, 0) is 4.74 Å². The average molecular weight is 347 g/mol. The molecule has 1 atom stereocenters. The van der Waals surface area contributed by atoms with E-state index < -0.39 is 0 Å². The average Bonchev–Trinajstić information content (AvgIpc) is 2.88. The molecule has 104 valence electrons. The van der Waals surface area contributed by atoms with Gasteiger partial charge in [0.2, 0.25) is 0 Å². The molecule has 1 saturated heterocycles. The quantitative estimate of drug-likeness (QED) is 0.831. The molecule has 0 saturated carbocycles. The van der Waals surface area contributed by atoms with Gasteiger partial charge in [-0.3, -0.25) is 4.79 Å². The van der Waals surface area contributed by atoms with Crippen LogP contribution in [-0.4, -0.2) is 36.6 Å². The first-order valence-corrected chi connectivity index (χ1v) is 7.65. The summed E-state index contributed by atoms with van der Waals surface area (Å²) in [4.78, 5) is 14.3. The van der Waals surface area contributed by atoms with Gasteiger partial charge >= 0.3 is 0 Å². The highest BCUT2D eigenvalue weighted by Crippen LogP contribution is 2.23. The molecule has 5 heteroatoms. The van der Waals surface area contributed by atoms with Crippen molar-refractivity contribution in [2.45, 2.75) is 25.9 Å². The molecule has 19 heavy (non-hydrogen) atoms. The summed E-state index contributed by atoms with van der Waals surface area (Å²) in [6.45, 7) is 4.12. The lowest BCUT2D eigenvalue weighted by molar-refractivity contribution is 0.0538. The Hall–Kier alpha value is -0.580. The smallest absolute Gasteiger partial charge is 0.255 e. The lowest BCUT2D eigenvalue weighted by Crippen LogP contribution is -2.37. The Labute approximate surface area is 127 Å². The molecule has 0 spiro atoms. The van der Waals surface area contributed by atoms with Gasteiger partial charge < -0.3 is 9.64 Å². The third-order valence-corrected chi connectivity index (χ3v) is 4.17. The molecular weight excluding hydrogens is 330 g/mol. The standard InChI is InChI=1S/C14H17BrClNO2/c1-2-17(9-11-4-3-7-19-11)14(18)12-6-5-10(16)8-13(12)15/h5-6,8,11H,2-4,7,9H2,1H3. The van der Waals surface area contributed by atoms with Gasteiger partial charge in [-0.1, -0.05) is 11.6 Å². The number of carbonyl (C=O) groups excluding carboxylic acids is 1. The van der Waals surface area contributed by atoms with E-state index in [-0.39, 0.29) is 12.0 Å². The SMILES string of the molecule is CCN(CC1CCCO1)C(=O)c1ccc(Cl)cc1Br. The summed E-state index contributed by atoms with van der Waals surface area (Å²) in [5.74, 6) is 0.0153. The van der Waals surface area contributed by atoms with E-state index in [0.29, 0.717) is 23.7 Å². The van der Waals surface area contributed by atoms with Crippen molar-refractivity contribution in [2.24, 2.45) is 0 Å². The highest BCUT2D eigenvalue weighted by molar-refractivity contribution is 9.10. The summed E-state index contributed by atoms with van der Waals surface area (Å²) >= 11 is 9.29. The summed E-state index contributed by atoms with van der Waals surface area (Å²) in [6.07, 6.45) is 2.29. The molecule has 1 aromatic carbocycles. The van der Waals surface area contributed by atoms with Crippen molar-refractivity contribution in [3.05, 3.63) is 33.3 Å². The lowest BCUT2D eigenvalue weighted by Gasteiger charge is -2.24. The highest BCUT2D eigenvalue weighted by atomic mass is 79.9. The van der Waals surface area contributed by atoms with Gasteiger partial charge in [0, 0.05) is 29.2 Å². The molecule has 1 fully saturated rings. The van der Waals surface area contributed by atoms with E-state index in [2.05, 4.69) is 15.9 Å². The number of likely N-dealkylation sites (N-methyl/N-ethyl adjacent to an activating group) is 1. The number of hydrogen-bond donors (Lipinski definition) is 0. The summed E-state index contributed by atoms with van der Waals surface area (Å²) in [5, 5.41) is 0.616. The summed E-state index contributed by atoms with van der Waals surface area (Å²) in [6, 6.07) is 5.24. The number of nitrogens with zero attached hydrogens (tertiary/aromatic N) is 1. The van der Waals surface area contributed by atoms with Crippen molar-refractivity contribution in [1.29, 1.82) is 0 Å². The van der Waals surface area contributed by atoms with Crippen LogP contribution in [0.5, 0.6) is 0 Å². The summed E-state index contributed by atoms with van der Waals surface area (Å²) in [7, 11) is 0. The molecule has 1 heterocycles.